The first kappa shape index (κ1) is 35.7. The van der Waals surface area contributed by atoms with E-state index < -0.39 is 49.8 Å². The maximum Gasteiger partial charge on any atom is 0.327 e. The van der Waals surface area contributed by atoms with Crippen molar-refractivity contribution in [2.24, 2.45) is 5.41 Å². The predicted molar refractivity (Wildman–Crippen MR) is 100 cm³/mol. The first-order valence-electron chi connectivity index (χ1n) is 6.97. The van der Waals surface area contributed by atoms with Crippen LogP contribution in [0.2, 0.25) is 0 Å². The Balaban J connectivity index is -0.0000000819. The van der Waals surface area contributed by atoms with Gasteiger partial charge in [-0.1, -0.05) is 26.3 Å². The molecule has 0 unspecified atom stereocenters. The fourth-order valence-corrected chi connectivity index (χ4v) is 0.300. The van der Waals surface area contributed by atoms with Crippen molar-refractivity contribution in [2.75, 3.05) is 26.4 Å². The molecule has 0 amide bonds. The molecule has 0 saturated heterocycles. The van der Waals surface area contributed by atoms with E-state index in [2.05, 4.69) is 26.3 Å². The number of hydrogen-bond acceptors (Lipinski definition) is 8. The zero-order chi connectivity index (χ0) is 23.6. The molecule has 0 aromatic carbocycles. The Kier molecular flexibility index (Phi) is 36.4. The quantitative estimate of drug-likeness (QED) is 0.210. The van der Waals surface area contributed by atoms with Gasteiger partial charge in [-0.05, 0) is 0 Å². The van der Waals surface area contributed by atoms with E-state index in [0.29, 0.717) is 0 Å². The van der Waals surface area contributed by atoms with Crippen molar-refractivity contribution in [1.29, 1.82) is 5.26 Å². The molecule has 0 aliphatic heterocycles. The van der Waals surface area contributed by atoms with E-state index in [1.807, 2.05) is 0 Å². The molecule has 0 fully saturated rings. The molecule has 11 nitrogen and oxygen atoms in total. The van der Waals surface area contributed by atoms with Crippen LogP contribution in [0, 0.1) is 16.7 Å². The Labute approximate surface area is 162 Å². The minimum atomic E-state index is -1.11. The third-order valence-electron chi connectivity index (χ3n) is 1.96. The lowest BCUT2D eigenvalue weighted by Crippen LogP contribution is -2.37. The molecule has 0 heterocycles. The highest BCUT2D eigenvalue weighted by atomic mass is 16.4. The van der Waals surface area contributed by atoms with Gasteiger partial charge in [0, 0.05) is 24.3 Å². The summed E-state index contributed by atoms with van der Waals surface area (Å²) in [5.74, 6) is -2.94. The molecule has 0 atom stereocenters. The smallest absolute Gasteiger partial charge is 0.327 e. The maximum absolute atomic E-state index is 9.25. The summed E-state index contributed by atoms with van der Waals surface area (Å²) in [6, 6.07) is 1.69. The van der Waals surface area contributed by atoms with Crippen LogP contribution in [0.3, 0.4) is 0 Å². The van der Waals surface area contributed by atoms with Gasteiger partial charge >= 0.3 is 17.9 Å². The number of aliphatic hydroxyl groups is 4. The summed E-state index contributed by atoms with van der Waals surface area (Å²) in [5.41, 5.74) is -1.11. The molecule has 0 aliphatic carbocycles. The Morgan fingerprint density at radius 1 is 0.714 bits per heavy atom. The summed E-state index contributed by atoms with van der Waals surface area (Å²) in [5, 5.41) is 64.3. The lowest BCUT2D eigenvalue weighted by Gasteiger charge is -2.23. The summed E-state index contributed by atoms with van der Waals surface area (Å²) in [6.07, 6.45) is 3.68. The fraction of sp³-hybridized carbons (Fsp3) is 0.294. The maximum atomic E-state index is 9.25. The number of carboxylic acids is 3. The largest absolute Gasteiger partial charge is 0.478 e. The highest BCUT2D eigenvalue weighted by molar-refractivity contribution is 5.79. The zero-order valence-electron chi connectivity index (χ0n) is 15.3. The number of aliphatic carboxylic acids is 3. The van der Waals surface area contributed by atoms with Crippen molar-refractivity contribution in [2.45, 2.75) is 0 Å². The molecule has 0 rings (SSSR count). The highest BCUT2D eigenvalue weighted by Crippen LogP contribution is 2.11. The summed E-state index contributed by atoms with van der Waals surface area (Å²) < 4.78 is 0. The van der Waals surface area contributed by atoms with Gasteiger partial charge in [0.25, 0.3) is 0 Å². The number of carbonyl (C=O) groups is 3. The van der Waals surface area contributed by atoms with Crippen molar-refractivity contribution in [3.63, 3.8) is 0 Å². The van der Waals surface area contributed by atoms with Gasteiger partial charge in [0.15, 0.2) is 0 Å². The van der Waals surface area contributed by atoms with Crippen LogP contribution < -0.4 is 0 Å². The minimum absolute atomic E-state index is 0.406. The Morgan fingerprint density at radius 2 is 0.857 bits per heavy atom. The number of hydrogen-bond donors (Lipinski definition) is 7. The predicted octanol–water partition coefficient (Wildman–Crippen LogP) is -0.591. The second-order valence-corrected chi connectivity index (χ2v) is 4.09. The molecule has 0 saturated carbocycles. The molecule has 0 aliphatic rings. The Morgan fingerprint density at radius 3 is 0.857 bits per heavy atom. The molecular weight excluding hydrogens is 378 g/mol. The van der Waals surface area contributed by atoms with Crippen molar-refractivity contribution in [3.8, 4) is 6.07 Å². The second-order valence-electron chi connectivity index (χ2n) is 4.09. The molecule has 0 spiro atoms. The first-order valence-corrected chi connectivity index (χ1v) is 6.97. The van der Waals surface area contributed by atoms with Gasteiger partial charge in [-0.3, -0.25) is 0 Å². The van der Waals surface area contributed by atoms with Crippen molar-refractivity contribution in [3.05, 3.63) is 50.6 Å². The van der Waals surface area contributed by atoms with Crippen LogP contribution in [-0.2, 0) is 14.4 Å². The van der Waals surface area contributed by atoms with E-state index in [1.54, 1.807) is 6.07 Å². The van der Waals surface area contributed by atoms with Gasteiger partial charge in [-0.2, -0.15) is 5.26 Å². The van der Waals surface area contributed by atoms with E-state index in [-0.39, 0.29) is 0 Å². The molecule has 11 heteroatoms. The molecule has 0 aromatic heterocycles. The van der Waals surface area contributed by atoms with Gasteiger partial charge in [0.1, 0.15) is 0 Å². The third-order valence-corrected chi connectivity index (χ3v) is 1.96. The number of nitriles is 1. The van der Waals surface area contributed by atoms with E-state index in [1.165, 1.54) is 6.08 Å². The van der Waals surface area contributed by atoms with E-state index in [0.717, 1.165) is 18.2 Å². The van der Waals surface area contributed by atoms with E-state index in [4.69, 9.17) is 41.0 Å². The average Bonchev–Trinajstić information content (AvgIpc) is 2.71. The van der Waals surface area contributed by atoms with Crippen LogP contribution in [-0.4, -0.2) is 80.1 Å². The van der Waals surface area contributed by atoms with Crippen LogP contribution in [0.4, 0.5) is 0 Å². The molecule has 0 radical (unpaired) electrons. The van der Waals surface area contributed by atoms with E-state index in [9.17, 15) is 14.4 Å². The van der Waals surface area contributed by atoms with Crippen molar-refractivity contribution < 1.29 is 50.1 Å². The molecule has 0 aromatic rings. The molecule has 0 bridgehead atoms. The van der Waals surface area contributed by atoms with Crippen LogP contribution >= 0.6 is 0 Å². The topological polar surface area (TPSA) is 217 Å². The van der Waals surface area contributed by atoms with Crippen LogP contribution in [0.5, 0.6) is 0 Å². The highest BCUT2D eigenvalue weighted by Gasteiger charge is 2.26. The van der Waals surface area contributed by atoms with Crippen molar-refractivity contribution in [1.82, 2.24) is 0 Å². The van der Waals surface area contributed by atoms with Crippen LogP contribution in [0.1, 0.15) is 0 Å². The number of allylic oxidation sites excluding steroid dienone is 1. The molecule has 160 valence electrons. The third kappa shape index (κ3) is 43.4. The Hall–Kier alpha value is -3.30. The summed E-state index contributed by atoms with van der Waals surface area (Å²) in [4.78, 5) is 27.8. The summed E-state index contributed by atoms with van der Waals surface area (Å²) in [7, 11) is 0. The molecular formula is C17H27NO10. The molecule has 28 heavy (non-hydrogen) atoms. The second kappa shape index (κ2) is 28.5. The standard InChI is InChI=1S/C5H12O4.C3H3N.3C3H4O2/c6-1-5(2-7,3-8)4-9;1-2-3-4;3*1-2-3(4)5/h6-9H,1-4H2;2H,1H2;3*2H,1H2,(H,4,5). The minimum Gasteiger partial charge on any atom is -0.478 e. The average molecular weight is 405 g/mol. The van der Waals surface area contributed by atoms with Gasteiger partial charge in [0.2, 0.25) is 0 Å². The first-order chi connectivity index (χ1) is 13.0. The number of aliphatic hydroxyl groups excluding tert-OH is 4. The van der Waals surface area contributed by atoms with Crippen LogP contribution in [0.25, 0.3) is 0 Å². The normalized spacial score (nSPS) is 7.82. The molecule has 7 N–H and O–H groups in total. The van der Waals surface area contributed by atoms with Gasteiger partial charge in [-0.25, -0.2) is 14.4 Å². The van der Waals surface area contributed by atoms with Gasteiger partial charge in [-0.15, -0.1) is 0 Å². The fourth-order valence-electron chi connectivity index (χ4n) is 0.300. The lowest BCUT2D eigenvalue weighted by atomic mass is 9.93. The van der Waals surface area contributed by atoms with Crippen LogP contribution in [0.15, 0.2) is 50.6 Å². The van der Waals surface area contributed by atoms with Crippen molar-refractivity contribution >= 4 is 17.9 Å². The monoisotopic (exact) mass is 405 g/mol. The van der Waals surface area contributed by atoms with Gasteiger partial charge in [0.05, 0.1) is 37.9 Å². The Bertz CT molecular complexity index is 444. The van der Waals surface area contributed by atoms with Gasteiger partial charge < -0.3 is 35.7 Å². The summed E-state index contributed by atoms with van der Waals surface area (Å²) in [6.45, 7) is 10.4. The number of rotatable bonds is 7. The number of carboxylic acid groups (broad SMARTS) is 3. The SMILES string of the molecule is C=CC#N.C=CC(=O)O.C=CC(=O)O.C=CC(=O)O.OCC(CO)(CO)CO. The zero-order valence-corrected chi connectivity index (χ0v) is 15.3. The van der Waals surface area contributed by atoms with E-state index >= 15 is 0 Å². The number of nitrogens with zero attached hydrogens (tertiary/aromatic N) is 1. The summed E-state index contributed by atoms with van der Waals surface area (Å²) >= 11 is 0. The lowest BCUT2D eigenvalue weighted by molar-refractivity contribution is -0.132.